The summed E-state index contributed by atoms with van der Waals surface area (Å²) in [5, 5.41) is 7.41. The number of nitrogens with one attached hydrogen (secondary N) is 3. The first-order valence-corrected chi connectivity index (χ1v) is 12.6. The number of halogens is 1. The number of fused-ring (bicyclic) bond motifs is 1. The average Bonchev–Trinajstić information content (AvgIpc) is 3.29. The molecular weight excluding hydrogens is 506 g/mol. The Morgan fingerprint density at radius 2 is 1.66 bits per heavy atom. The number of carbonyl (C=O) groups is 3. The standard InChI is InChI=1S/C28H26ClN5O4/c1-17(35)33-13-11-23(25(16-33)32-28(38)19-7-10-21-22(29)15-30-24(21)14-19)31-27(37)18-5-8-20(9-6-18)34-12-3-2-4-26(34)36/h2-10,12,14-15,23,25,30H,11,13,16H2,1H3,(H,31,37)(H,32,38). The Morgan fingerprint density at radius 1 is 0.947 bits per heavy atom. The minimum absolute atomic E-state index is 0.0942. The normalized spacial score (nSPS) is 17.3. The van der Waals surface area contributed by atoms with Crippen molar-refractivity contribution in [3.8, 4) is 5.69 Å². The quantitative estimate of drug-likeness (QED) is 0.367. The molecule has 4 aromatic rings. The van der Waals surface area contributed by atoms with Gasteiger partial charge in [0.15, 0.2) is 0 Å². The summed E-state index contributed by atoms with van der Waals surface area (Å²) >= 11 is 6.15. The smallest absolute Gasteiger partial charge is 0.255 e. The van der Waals surface area contributed by atoms with Crippen LogP contribution in [0.15, 0.2) is 77.9 Å². The third kappa shape index (κ3) is 5.19. The van der Waals surface area contributed by atoms with Crippen molar-refractivity contribution in [3.05, 3.63) is 99.6 Å². The number of aromatic nitrogens is 2. The van der Waals surface area contributed by atoms with Gasteiger partial charge in [0, 0.05) is 66.2 Å². The van der Waals surface area contributed by atoms with Crippen LogP contribution in [-0.2, 0) is 4.79 Å². The lowest BCUT2D eigenvalue weighted by Crippen LogP contribution is -2.61. The van der Waals surface area contributed by atoms with Gasteiger partial charge >= 0.3 is 0 Å². The van der Waals surface area contributed by atoms with Gasteiger partial charge in [0.05, 0.1) is 17.1 Å². The number of nitrogens with zero attached hydrogens (tertiary/aromatic N) is 2. The Bertz CT molecular complexity index is 1580. The molecule has 38 heavy (non-hydrogen) atoms. The van der Waals surface area contributed by atoms with Gasteiger partial charge in [0.1, 0.15) is 0 Å². The molecule has 0 radical (unpaired) electrons. The minimum atomic E-state index is -0.491. The van der Waals surface area contributed by atoms with Gasteiger partial charge in [-0.3, -0.25) is 23.7 Å². The van der Waals surface area contributed by atoms with E-state index in [0.717, 1.165) is 10.9 Å². The number of rotatable bonds is 5. The van der Waals surface area contributed by atoms with E-state index >= 15 is 0 Å². The Hall–Kier alpha value is -4.37. The van der Waals surface area contributed by atoms with Crippen molar-refractivity contribution in [1.29, 1.82) is 0 Å². The number of carbonyl (C=O) groups excluding carboxylic acids is 3. The van der Waals surface area contributed by atoms with Crippen LogP contribution in [0.2, 0.25) is 5.02 Å². The van der Waals surface area contributed by atoms with E-state index in [2.05, 4.69) is 15.6 Å². The van der Waals surface area contributed by atoms with E-state index in [9.17, 15) is 19.2 Å². The zero-order valence-electron chi connectivity index (χ0n) is 20.6. The van der Waals surface area contributed by atoms with Gasteiger partial charge in [-0.15, -0.1) is 0 Å². The summed E-state index contributed by atoms with van der Waals surface area (Å²) < 4.78 is 1.49. The molecule has 1 aliphatic heterocycles. The second-order valence-corrected chi connectivity index (χ2v) is 9.67. The summed E-state index contributed by atoms with van der Waals surface area (Å²) in [6.45, 7) is 2.23. The molecule has 2 aromatic heterocycles. The molecule has 10 heteroatoms. The lowest BCUT2D eigenvalue weighted by Gasteiger charge is -2.39. The number of amides is 3. The zero-order chi connectivity index (χ0) is 26.8. The van der Waals surface area contributed by atoms with E-state index in [-0.39, 0.29) is 35.9 Å². The van der Waals surface area contributed by atoms with Crippen molar-refractivity contribution in [2.45, 2.75) is 25.4 Å². The number of hydrogen-bond acceptors (Lipinski definition) is 4. The molecule has 5 rings (SSSR count). The molecule has 0 saturated carbocycles. The molecule has 2 aromatic carbocycles. The van der Waals surface area contributed by atoms with E-state index < -0.39 is 6.04 Å². The van der Waals surface area contributed by atoms with E-state index in [1.165, 1.54) is 17.6 Å². The molecule has 1 saturated heterocycles. The van der Waals surface area contributed by atoms with Crippen LogP contribution in [0.5, 0.6) is 0 Å². The summed E-state index contributed by atoms with van der Waals surface area (Å²) in [4.78, 5) is 55.1. The number of piperidine rings is 1. The van der Waals surface area contributed by atoms with E-state index in [0.29, 0.717) is 34.8 Å². The number of H-pyrrole nitrogens is 1. The minimum Gasteiger partial charge on any atom is -0.360 e. The highest BCUT2D eigenvalue weighted by molar-refractivity contribution is 6.35. The van der Waals surface area contributed by atoms with Crippen molar-refractivity contribution >= 4 is 40.2 Å². The SMILES string of the molecule is CC(=O)N1CCC(NC(=O)c2ccc(-n3ccccc3=O)cc2)C(NC(=O)c2ccc3c(Cl)c[nH]c3c2)C1. The summed E-state index contributed by atoms with van der Waals surface area (Å²) in [6, 6.07) is 15.9. The summed E-state index contributed by atoms with van der Waals surface area (Å²) in [7, 11) is 0. The van der Waals surface area contributed by atoms with Gasteiger partial charge in [0.25, 0.3) is 17.4 Å². The lowest BCUT2D eigenvalue weighted by atomic mass is 9.97. The van der Waals surface area contributed by atoms with Crippen molar-refractivity contribution < 1.29 is 14.4 Å². The highest BCUT2D eigenvalue weighted by atomic mass is 35.5. The van der Waals surface area contributed by atoms with Gasteiger partial charge in [-0.1, -0.05) is 23.7 Å². The molecule has 194 valence electrons. The third-order valence-electron chi connectivity index (χ3n) is 6.81. The average molecular weight is 532 g/mol. The monoisotopic (exact) mass is 531 g/mol. The maximum Gasteiger partial charge on any atom is 0.255 e. The number of pyridine rings is 1. The molecule has 2 atom stereocenters. The highest BCUT2D eigenvalue weighted by Crippen LogP contribution is 2.24. The van der Waals surface area contributed by atoms with Crippen molar-refractivity contribution in [2.24, 2.45) is 0 Å². The van der Waals surface area contributed by atoms with Crippen LogP contribution >= 0.6 is 11.6 Å². The number of aromatic amines is 1. The number of likely N-dealkylation sites (tertiary alicyclic amines) is 1. The molecule has 3 N–H and O–H groups in total. The zero-order valence-corrected chi connectivity index (χ0v) is 21.4. The molecule has 9 nitrogen and oxygen atoms in total. The maximum absolute atomic E-state index is 13.1. The summed E-state index contributed by atoms with van der Waals surface area (Å²) in [5.41, 5.74) is 2.08. The van der Waals surface area contributed by atoms with Crippen LogP contribution in [0.4, 0.5) is 0 Å². The predicted octanol–water partition coefficient (Wildman–Crippen LogP) is 3.12. The molecular formula is C28H26ClN5O4. The maximum atomic E-state index is 13.1. The number of hydrogen-bond donors (Lipinski definition) is 3. The second kappa shape index (κ2) is 10.5. The van der Waals surface area contributed by atoms with Gasteiger partial charge in [-0.25, -0.2) is 0 Å². The lowest BCUT2D eigenvalue weighted by molar-refractivity contribution is -0.130. The first-order valence-electron chi connectivity index (χ1n) is 12.2. The van der Waals surface area contributed by atoms with Crippen LogP contribution in [0.3, 0.4) is 0 Å². The Morgan fingerprint density at radius 3 is 2.39 bits per heavy atom. The molecule has 1 fully saturated rings. The summed E-state index contributed by atoms with van der Waals surface area (Å²) in [5.74, 6) is -0.715. The van der Waals surface area contributed by atoms with Gasteiger partial charge in [-0.2, -0.15) is 0 Å². The number of benzene rings is 2. The van der Waals surface area contributed by atoms with Crippen molar-refractivity contribution in [1.82, 2.24) is 25.1 Å². The fraction of sp³-hybridized carbons (Fsp3) is 0.214. The molecule has 0 spiro atoms. The van der Waals surface area contributed by atoms with Crippen LogP contribution in [0.25, 0.3) is 16.6 Å². The van der Waals surface area contributed by atoms with E-state index in [4.69, 9.17) is 11.6 Å². The predicted molar refractivity (Wildman–Crippen MR) is 145 cm³/mol. The molecule has 0 aliphatic carbocycles. The topological polar surface area (TPSA) is 116 Å². The Balaban J connectivity index is 1.32. The summed E-state index contributed by atoms with van der Waals surface area (Å²) in [6.07, 6.45) is 3.81. The largest absolute Gasteiger partial charge is 0.360 e. The van der Waals surface area contributed by atoms with Gasteiger partial charge in [0.2, 0.25) is 5.91 Å². The molecule has 3 heterocycles. The first kappa shape index (κ1) is 25.3. The Labute approximate surface area is 223 Å². The van der Waals surface area contributed by atoms with Gasteiger partial charge in [-0.05, 0) is 48.9 Å². The van der Waals surface area contributed by atoms with Crippen LogP contribution in [0, 0.1) is 0 Å². The first-order chi connectivity index (χ1) is 18.3. The fourth-order valence-electron chi connectivity index (χ4n) is 4.71. The van der Waals surface area contributed by atoms with Crippen LogP contribution < -0.4 is 16.2 Å². The Kier molecular flexibility index (Phi) is 7.02. The van der Waals surface area contributed by atoms with Crippen LogP contribution in [0.1, 0.15) is 34.1 Å². The third-order valence-corrected chi connectivity index (χ3v) is 7.13. The fourth-order valence-corrected chi connectivity index (χ4v) is 4.93. The molecule has 3 amide bonds. The highest BCUT2D eigenvalue weighted by Gasteiger charge is 2.33. The van der Waals surface area contributed by atoms with Crippen molar-refractivity contribution in [3.63, 3.8) is 0 Å². The van der Waals surface area contributed by atoms with Crippen LogP contribution in [-0.4, -0.2) is 57.3 Å². The van der Waals surface area contributed by atoms with Gasteiger partial charge < -0.3 is 20.5 Å². The van der Waals surface area contributed by atoms with E-state index in [1.54, 1.807) is 71.9 Å². The second-order valence-electron chi connectivity index (χ2n) is 9.27. The van der Waals surface area contributed by atoms with Crippen molar-refractivity contribution in [2.75, 3.05) is 13.1 Å². The molecule has 2 unspecified atom stereocenters. The molecule has 1 aliphatic rings. The van der Waals surface area contributed by atoms with E-state index in [1.807, 2.05) is 0 Å². The molecule has 0 bridgehead atoms.